The second-order valence-corrected chi connectivity index (χ2v) is 6.52. The number of carboxylic acids is 1. The van der Waals surface area contributed by atoms with Gasteiger partial charge in [-0.15, -0.1) is 0 Å². The first-order chi connectivity index (χ1) is 11.5. The Morgan fingerprint density at radius 3 is 2.75 bits per heavy atom. The van der Waals surface area contributed by atoms with Gasteiger partial charge in [0.15, 0.2) is 0 Å². The standard InChI is InChI=1S/C18H13IO5/c1-10-15(23-9-11-3-2-4-13(19)7-11)6-5-12-8-14(17(20)21)18(22)24-16(10)12/h2-8H,9H2,1H3,(H,20,21). The third kappa shape index (κ3) is 3.28. The fraction of sp³-hybridized carbons (Fsp3) is 0.111. The highest BCUT2D eigenvalue weighted by Gasteiger charge is 2.15. The lowest BCUT2D eigenvalue weighted by atomic mass is 10.1. The highest BCUT2D eigenvalue weighted by Crippen LogP contribution is 2.27. The number of carboxylic acid groups (broad SMARTS) is 1. The molecule has 0 amide bonds. The number of carbonyl (C=O) groups is 1. The summed E-state index contributed by atoms with van der Waals surface area (Å²) in [5.41, 5.74) is 0.781. The van der Waals surface area contributed by atoms with Crippen LogP contribution >= 0.6 is 22.6 Å². The molecule has 3 aromatic rings. The molecule has 1 N–H and O–H groups in total. The van der Waals surface area contributed by atoms with E-state index in [0.717, 1.165) is 9.13 Å². The molecule has 6 heteroatoms. The van der Waals surface area contributed by atoms with Crippen LogP contribution in [0.4, 0.5) is 0 Å². The first kappa shape index (κ1) is 16.5. The Kier molecular flexibility index (Phi) is 4.57. The molecular formula is C18H13IO5. The van der Waals surface area contributed by atoms with E-state index >= 15 is 0 Å². The molecule has 2 aromatic carbocycles. The minimum absolute atomic E-state index is 0.338. The van der Waals surface area contributed by atoms with Crippen LogP contribution in [0.3, 0.4) is 0 Å². The molecule has 0 spiro atoms. The largest absolute Gasteiger partial charge is 0.488 e. The Labute approximate surface area is 151 Å². The van der Waals surface area contributed by atoms with Crippen LogP contribution in [0.25, 0.3) is 11.0 Å². The van der Waals surface area contributed by atoms with Gasteiger partial charge in [-0.2, -0.15) is 0 Å². The minimum Gasteiger partial charge on any atom is -0.488 e. The Balaban J connectivity index is 1.95. The van der Waals surface area contributed by atoms with Crippen molar-refractivity contribution in [2.45, 2.75) is 13.5 Å². The van der Waals surface area contributed by atoms with E-state index in [1.807, 2.05) is 24.3 Å². The molecule has 0 atom stereocenters. The van der Waals surface area contributed by atoms with Crippen molar-refractivity contribution in [3.63, 3.8) is 0 Å². The summed E-state index contributed by atoms with van der Waals surface area (Å²) in [6, 6.07) is 12.7. The Morgan fingerprint density at radius 1 is 1.25 bits per heavy atom. The fourth-order valence-corrected chi connectivity index (χ4v) is 3.01. The number of halogens is 1. The van der Waals surface area contributed by atoms with Gasteiger partial charge in [0.25, 0.3) is 0 Å². The number of aromatic carboxylic acids is 1. The van der Waals surface area contributed by atoms with E-state index in [4.69, 9.17) is 14.3 Å². The first-order valence-electron chi connectivity index (χ1n) is 7.13. The van der Waals surface area contributed by atoms with Gasteiger partial charge in [-0.25, -0.2) is 9.59 Å². The van der Waals surface area contributed by atoms with Crippen molar-refractivity contribution in [1.82, 2.24) is 0 Å². The molecule has 0 aliphatic rings. The van der Waals surface area contributed by atoms with Crippen molar-refractivity contribution >= 4 is 39.5 Å². The smallest absolute Gasteiger partial charge is 0.351 e. The Bertz CT molecular complexity index is 990. The van der Waals surface area contributed by atoms with E-state index in [-0.39, 0.29) is 5.56 Å². The average molecular weight is 436 g/mol. The molecule has 0 bridgehead atoms. The maximum atomic E-state index is 11.8. The summed E-state index contributed by atoms with van der Waals surface area (Å²) in [6.45, 7) is 2.16. The second kappa shape index (κ2) is 6.64. The van der Waals surface area contributed by atoms with Crippen molar-refractivity contribution in [1.29, 1.82) is 0 Å². The van der Waals surface area contributed by atoms with Gasteiger partial charge in [-0.1, -0.05) is 12.1 Å². The molecule has 0 radical (unpaired) electrons. The molecule has 0 fully saturated rings. The van der Waals surface area contributed by atoms with Gasteiger partial charge in [0.1, 0.15) is 23.5 Å². The molecule has 5 nitrogen and oxygen atoms in total. The van der Waals surface area contributed by atoms with Crippen LogP contribution < -0.4 is 10.4 Å². The van der Waals surface area contributed by atoms with Crippen LogP contribution in [0.1, 0.15) is 21.5 Å². The predicted octanol–water partition coefficient (Wildman–Crippen LogP) is 3.98. The quantitative estimate of drug-likeness (QED) is 0.495. The lowest BCUT2D eigenvalue weighted by molar-refractivity contribution is 0.0692. The third-order valence-electron chi connectivity index (χ3n) is 3.61. The van der Waals surface area contributed by atoms with Crippen LogP contribution in [0.5, 0.6) is 5.75 Å². The second-order valence-electron chi connectivity index (χ2n) is 5.28. The highest BCUT2D eigenvalue weighted by atomic mass is 127. The lowest BCUT2D eigenvalue weighted by Crippen LogP contribution is -2.13. The van der Waals surface area contributed by atoms with Crippen LogP contribution in [0.15, 0.2) is 51.7 Å². The highest BCUT2D eigenvalue weighted by molar-refractivity contribution is 14.1. The van der Waals surface area contributed by atoms with E-state index in [0.29, 0.717) is 28.9 Å². The van der Waals surface area contributed by atoms with Gasteiger partial charge >= 0.3 is 11.6 Å². The SMILES string of the molecule is Cc1c(OCc2cccc(I)c2)ccc2cc(C(=O)O)c(=O)oc12. The topological polar surface area (TPSA) is 76.7 Å². The molecule has 3 rings (SSSR count). The molecule has 1 aromatic heterocycles. The molecular weight excluding hydrogens is 423 g/mol. The van der Waals surface area contributed by atoms with Gasteiger partial charge in [-0.05, 0) is 65.4 Å². The average Bonchev–Trinajstić information content (AvgIpc) is 2.54. The maximum absolute atomic E-state index is 11.8. The predicted molar refractivity (Wildman–Crippen MR) is 97.7 cm³/mol. The van der Waals surface area contributed by atoms with Crippen molar-refractivity contribution in [2.24, 2.45) is 0 Å². The van der Waals surface area contributed by atoms with Crippen molar-refractivity contribution in [3.8, 4) is 5.75 Å². The fourth-order valence-electron chi connectivity index (χ4n) is 2.40. The summed E-state index contributed by atoms with van der Waals surface area (Å²) in [7, 11) is 0. The van der Waals surface area contributed by atoms with E-state index in [2.05, 4.69) is 22.6 Å². The van der Waals surface area contributed by atoms with Gasteiger partial charge in [0.2, 0.25) is 0 Å². The van der Waals surface area contributed by atoms with E-state index in [9.17, 15) is 9.59 Å². The number of benzene rings is 2. The Morgan fingerprint density at radius 2 is 2.04 bits per heavy atom. The number of fused-ring (bicyclic) bond motifs is 1. The normalized spacial score (nSPS) is 10.8. The minimum atomic E-state index is -1.30. The molecule has 0 saturated carbocycles. The van der Waals surface area contributed by atoms with E-state index in [1.54, 1.807) is 19.1 Å². The summed E-state index contributed by atoms with van der Waals surface area (Å²) in [6.07, 6.45) is 0. The number of hydrogen-bond donors (Lipinski definition) is 1. The van der Waals surface area contributed by atoms with Gasteiger partial charge in [-0.3, -0.25) is 0 Å². The molecule has 0 aliphatic heterocycles. The van der Waals surface area contributed by atoms with Gasteiger partial charge in [0, 0.05) is 14.5 Å². The zero-order valence-electron chi connectivity index (χ0n) is 12.7. The zero-order chi connectivity index (χ0) is 17.3. The molecule has 0 aliphatic carbocycles. The molecule has 1 heterocycles. The first-order valence-corrected chi connectivity index (χ1v) is 8.21. The Hall–Kier alpha value is -2.35. The third-order valence-corrected chi connectivity index (χ3v) is 4.29. The summed E-state index contributed by atoms with van der Waals surface area (Å²) < 4.78 is 12.1. The summed E-state index contributed by atoms with van der Waals surface area (Å²) in [5.74, 6) is -0.713. The number of hydrogen-bond acceptors (Lipinski definition) is 4. The lowest BCUT2D eigenvalue weighted by Gasteiger charge is -2.11. The zero-order valence-corrected chi connectivity index (χ0v) is 14.9. The number of rotatable bonds is 4. The molecule has 0 saturated heterocycles. The van der Waals surface area contributed by atoms with Gasteiger partial charge < -0.3 is 14.3 Å². The summed E-state index contributed by atoms with van der Waals surface area (Å²) in [4.78, 5) is 22.8. The summed E-state index contributed by atoms with van der Waals surface area (Å²) in [5, 5.41) is 9.54. The van der Waals surface area contributed by atoms with Crippen LogP contribution in [0, 0.1) is 10.5 Å². The monoisotopic (exact) mass is 436 g/mol. The van der Waals surface area contributed by atoms with Crippen LogP contribution in [0.2, 0.25) is 0 Å². The van der Waals surface area contributed by atoms with E-state index in [1.165, 1.54) is 6.07 Å². The number of aryl methyl sites for hydroxylation is 1. The maximum Gasteiger partial charge on any atom is 0.351 e. The molecule has 122 valence electrons. The van der Waals surface area contributed by atoms with Crippen molar-refractivity contribution < 1.29 is 19.1 Å². The molecule has 0 unspecified atom stereocenters. The van der Waals surface area contributed by atoms with Crippen molar-refractivity contribution in [3.05, 3.63) is 73.1 Å². The van der Waals surface area contributed by atoms with E-state index < -0.39 is 11.6 Å². The number of ether oxygens (including phenoxy) is 1. The van der Waals surface area contributed by atoms with Gasteiger partial charge in [0.05, 0.1) is 0 Å². The van der Waals surface area contributed by atoms with Crippen molar-refractivity contribution in [2.75, 3.05) is 0 Å². The van der Waals surface area contributed by atoms with Crippen LogP contribution in [-0.2, 0) is 6.61 Å². The van der Waals surface area contributed by atoms with Crippen LogP contribution in [-0.4, -0.2) is 11.1 Å². The summed E-state index contributed by atoms with van der Waals surface area (Å²) >= 11 is 2.24. The molecule has 24 heavy (non-hydrogen) atoms.